The van der Waals surface area contributed by atoms with Crippen LogP contribution in [0.3, 0.4) is 0 Å². The van der Waals surface area contributed by atoms with Gasteiger partial charge in [-0.15, -0.1) is 17.9 Å². The number of carbonyl (C=O) groups is 1. The number of hydrogen-bond donors (Lipinski definition) is 2. The summed E-state index contributed by atoms with van der Waals surface area (Å²) in [7, 11) is 0. The SMILES string of the molecule is C=CCC(N)C(=O)Nc1ncc(C)s1. The summed E-state index contributed by atoms with van der Waals surface area (Å²) in [6, 6.07) is -0.545. The van der Waals surface area contributed by atoms with Crippen LogP contribution in [0, 0.1) is 6.92 Å². The predicted molar refractivity (Wildman–Crippen MR) is 58.3 cm³/mol. The van der Waals surface area contributed by atoms with E-state index < -0.39 is 6.04 Å². The van der Waals surface area contributed by atoms with Crippen LogP contribution in [0.4, 0.5) is 5.13 Å². The minimum Gasteiger partial charge on any atom is -0.320 e. The van der Waals surface area contributed by atoms with Gasteiger partial charge in [0, 0.05) is 11.1 Å². The Morgan fingerprint density at radius 2 is 2.64 bits per heavy atom. The van der Waals surface area contributed by atoms with Crippen molar-refractivity contribution in [3.63, 3.8) is 0 Å². The molecule has 1 rings (SSSR count). The molecule has 0 aliphatic carbocycles. The highest BCUT2D eigenvalue weighted by molar-refractivity contribution is 7.15. The number of nitrogens with one attached hydrogen (secondary N) is 1. The van der Waals surface area contributed by atoms with Gasteiger partial charge in [0.2, 0.25) is 5.91 Å². The number of aromatic nitrogens is 1. The Hall–Kier alpha value is -1.20. The molecule has 0 radical (unpaired) electrons. The number of carbonyl (C=O) groups excluding carboxylic acids is 1. The average molecular weight is 211 g/mol. The van der Waals surface area contributed by atoms with Crippen molar-refractivity contribution in [3.8, 4) is 0 Å². The van der Waals surface area contributed by atoms with Gasteiger partial charge in [-0.2, -0.15) is 0 Å². The van der Waals surface area contributed by atoms with Gasteiger partial charge in [0.15, 0.2) is 5.13 Å². The molecule has 0 saturated heterocycles. The average Bonchev–Trinajstić information content (AvgIpc) is 2.51. The van der Waals surface area contributed by atoms with Gasteiger partial charge >= 0.3 is 0 Å². The van der Waals surface area contributed by atoms with Crippen LogP contribution in [-0.4, -0.2) is 16.9 Å². The second kappa shape index (κ2) is 4.88. The molecule has 5 heteroatoms. The third-order valence-corrected chi connectivity index (χ3v) is 2.44. The number of amides is 1. The van der Waals surface area contributed by atoms with E-state index >= 15 is 0 Å². The van der Waals surface area contributed by atoms with E-state index in [9.17, 15) is 4.79 Å². The Kier molecular flexibility index (Phi) is 3.79. The van der Waals surface area contributed by atoms with E-state index in [1.165, 1.54) is 11.3 Å². The summed E-state index contributed by atoms with van der Waals surface area (Å²) in [4.78, 5) is 16.5. The van der Waals surface area contributed by atoms with Gasteiger partial charge in [-0.3, -0.25) is 4.79 Å². The summed E-state index contributed by atoms with van der Waals surface area (Å²) < 4.78 is 0. The molecule has 4 nitrogen and oxygen atoms in total. The number of aryl methyl sites for hydroxylation is 1. The Balaban J connectivity index is 2.52. The van der Waals surface area contributed by atoms with Crippen LogP contribution in [0.1, 0.15) is 11.3 Å². The maximum atomic E-state index is 11.4. The molecule has 14 heavy (non-hydrogen) atoms. The van der Waals surface area contributed by atoms with Crippen molar-refractivity contribution in [1.29, 1.82) is 0 Å². The summed E-state index contributed by atoms with van der Waals surface area (Å²) in [6.45, 7) is 5.45. The van der Waals surface area contributed by atoms with E-state index in [-0.39, 0.29) is 5.91 Å². The smallest absolute Gasteiger partial charge is 0.243 e. The third-order valence-electron chi connectivity index (χ3n) is 1.61. The molecule has 1 unspecified atom stereocenters. The van der Waals surface area contributed by atoms with Crippen molar-refractivity contribution in [3.05, 3.63) is 23.7 Å². The minimum atomic E-state index is -0.545. The minimum absolute atomic E-state index is 0.223. The predicted octanol–water partition coefficient (Wildman–Crippen LogP) is 1.29. The molecule has 0 bridgehead atoms. The van der Waals surface area contributed by atoms with Crippen LogP contribution >= 0.6 is 11.3 Å². The lowest BCUT2D eigenvalue weighted by Crippen LogP contribution is -2.34. The van der Waals surface area contributed by atoms with Gasteiger partial charge in [-0.05, 0) is 13.3 Å². The molecule has 0 aromatic carbocycles. The highest BCUT2D eigenvalue weighted by Gasteiger charge is 2.12. The summed E-state index contributed by atoms with van der Waals surface area (Å²) in [5.74, 6) is -0.223. The van der Waals surface area contributed by atoms with Crippen molar-refractivity contribution in [2.45, 2.75) is 19.4 Å². The highest BCUT2D eigenvalue weighted by Crippen LogP contribution is 2.16. The van der Waals surface area contributed by atoms with Crippen LogP contribution in [-0.2, 0) is 4.79 Å². The second-order valence-corrected chi connectivity index (χ2v) is 4.13. The fourth-order valence-corrected chi connectivity index (χ4v) is 1.56. The molecular formula is C9H13N3OS. The Morgan fingerprint density at radius 3 is 3.14 bits per heavy atom. The maximum absolute atomic E-state index is 11.4. The maximum Gasteiger partial charge on any atom is 0.243 e. The highest BCUT2D eigenvalue weighted by atomic mass is 32.1. The van der Waals surface area contributed by atoms with E-state index in [1.54, 1.807) is 12.3 Å². The zero-order chi connectivity index (χ0) is 10.6. The number of nitrogens with zero attached hydrogens (tertiary/aromatic N) is 1. The molecule has 0 aliphatic rings. The summed E-state index contributed by atoms with van der Waals surface area (Å²) in [5, 5.41) is 3.23. The van der Waals surface area contributed by atoms with E-state index in [0.29, 0.717) is 11.6 Å². The number of anilines is 1. The van der Waals surface area contributed by atoms with Crippen LogP contribution in [0.5, 0.6) is 0 Å². The lowest BCUT2D eigenvalue weighted by Gasteiger charge is -2.07. The Morgan fingerprint density at radius 1 is 1.93 bits per heavy atom. The Bertz CT molecular complexity index is 335. The first-order chi connectivity index (χ1) is 6.63. The van der Waals surface area contributed by atoms with Crippen molar-refractivity contribution in [2.75, 3.05) is 5.32 Å². The number of nitrogens with two attached hydrogens (primary N) is 1. The van der Waals surface area contributed by atoms with E-state index in [4.69, 9.17) is 5.73 Å². The molecule has 1 aromatic rings. The van der Waals surface area contributed by atoms with Crippen LogP contribution in [0.2, 0.25) is 0 Å². The molecular weight excluding hydrogens is 198 g/mol. The van der Waals surface area contributed by atoms with Crippen molar-refractivity contribution in [2.24, 2.45) is 5.73 Å². The van der Waals surface area contributed by atoms with Gasteiger partial charge < -0.3 is 11.1 Å². The Labute approximate surface area is 86.8 Å². The van der Waals surface area contributed by atoms with Gasteiger partial charge in [0.1, 0.15) is 0 Å². The summed E-state index contributed by atoms with van der Waals surface area (Å²) in [6.07, 6.45) is 3.80. The van der Waals surface area contributed by atoms with Gasteiger partial charge in [-0.1, -0.05) is 6.08 Å². The van der Waals surface area contributed by atoms with Crippen molar-refractivity contribution >= 4 is 22.4 Å². The molecule has 0 saturated carbocycles. The molecule has 0 fully saturated rings. The quantitative estimate of drug-likeness (QED) is 0.737. The fraction of sp³-hybridized carbons (Fsp3) is 0.333. The topological polar surface area (TPSA) is 68.0 Å². The van der Waals surface area contributed by atoms with Crippen molar-refractivity contribution in [1.82, 2.24) is 4.98 Å². The van der Waals surface area contributed by atoms with Crippen molar-refractivity contribution < 1.29 is 4.79 Å². The normalized spacial score (nSPS) is 12.1. The second-order valence-electron chi connectivity index (χ2n) is 2.90. The zero-order valence-corrected chi connectivity index (χ0v) is 8.80. The number of rotatable bonds is 4. The molecule has 1 amide bonds. The molecule has 1 aromatic heterocycles. The van der Waals surface area contributed by atoms with Gasteiger partial charge in [0.05, 0.1) is 6.04 Å². The molecule has 1 atom stereocenters. The molecule has 3 N–H and O–H groups in total. The van der Waals surface area contributed by atoms with Gasteiger partial charge in [-0.25, -0.2) is 4.98 Å². The van der Waals surface area contributed by atoms with Crippen LogP contribution in [0.25, 0.3) is 0 Å². The number of hydrogen-bond acceptors (Lipinski definition) is 4. The third kappa shape index (κ3) is 2.93. The molecule has 1 heterocycles. The molecule has 0 spiro atoms. The lowest BCUT2D eigenvalue weighted by atomic mass is 10.2. The van der Waals surface area contributed by atoms with E-state index in [2.05, 4.69) is 16.9 Å². The van der Waals surface area contributed by atoms with E-state index in [0.717, 1.165) is 4.88 Å². The fourth-order valence-electron chi connectivity index (χ4n) is 0.897. The van der Waals surface area contributed by atoms with Crippen LogP contribution < -0.4 is 11.1 Å². The first-order valence-corrected chi connectivity index (χ1v) is 5.05. The first-order valence-electron chi connectivity index (χ1n) is 4.23. The van der Waals surface area contributed by atoms with Gasteiger partial charge in [0.25, 0.3) is 0 Å². The lowest BCUT2D eigenvalue weighted by molar-refractivity contribution is -0.117. The largest absolute Gasteiger partial charge is 0.320 e. The van der Waals surface area contributed by atoms with Crippen LogP contribution in [0.15, 0.2) is 18.9 Å². The summed E-state index contributed by atoms with van der Waals surface area (Å²) >= 11 is 1.43. The standard InChI is InChI=1S/C9H13N3OS/c1-3-4-7(10)8(13)12-9-11-5-6(2)14-9/h3,5,7H,1,4,10H2,2H3,(H,11,12,13). The molecule has 0 aliphatic heterocycles. The zero-order valence-electron chi connectivity index (χ0n) is 7.99. The van der Waals surface area contributed by atoms with E-state index in [1.807, 2.05) is 6.92 Å². The summed E-state index contributed by atoms with van der Waals surface area (Å²) in [5.41, 5.74) is 5.58. The number of thiazole rings is 1. The first kappa shape index (κ1) is 10.9. The monoisotopic (exact) mass is 211 g/mol. The molecule has 76 valence electrons.